The Morgan fingerprint density at radius 2 is 1.75 bits per heavy atom. The maximum atomic E-state index is 12.9. The standard InChI is InChI=1S/C22H25NO5/c1-25-17-5-3-15(13-19(17)26-2)7-10-23-21(24)22(8-9-22)16-4-6-18-20(14-16)28-12-11-27-18/h3-6,13-14H,7-12H2,1-2H3,(H,23,24). The third-order valence-corrected chi connectivity index (χ3v) is 5.43. The zero-order chi connectivity index (χ0) is 19.6. The van der Waals surface area contributed by atoms with Gasteiger partial charge in [0, 0.05) is 6.54 Å². The van der Waals surface area contributed by atoms with Gasteiger partial charge >= 0.3 is 0 Å². The highest BCUT2D eigenvalue weighted by molar-refractivity contribution is 5.91. The topological polar surface area (TPSA) is 66.0 Å². The van der Waals surface area contributed by atoms with E-state index in [0.717, 1.165) is 41.9 Å². The maximum Gasteiger partial charge on any atom is 0.230 e. The normalized spacial score (nSPS) is 16.2. The molecule has 1 saturated carbocycles. The summed E-state index contributed by atoms with van der Waals surface area (Å²) in [4.78, 5) is 12.9. The van der Waals surface area contributed by atoms with Gasteiger partial charge in [-0.15, -0.1) is 0 Å². The van der Waals surface area contributed by atoms with E-state index in [2.05, 4.69) is 5.32 Å². The first kappa shape index (κ1) is 18.5. The van der Waals surface area contributed by atoms with Gasteiger partial charge in [0.25, 0.3) is 0 Å². The van der Waals surface area contributed by atoms with Crippen molar-refractivity contribution in [3.63, 3.8) is 0 Å². The molecule has 0 saturated heterocycles. The Kier molecular flexibility index (Phi) is 5.03. The lowest BCUT2D eigenvalue weighted by atomic mass is 9.94. The summed E-state index contributed by atoms with van der Waals surface area (Å²) in [5, 5.41) is 3.10. The molecular weight excluding hydrogens is 358 g/mol. The molecule has 0 radical (unpaired) electrons. The monoisotopic (exact) mass is 383 g/mol. The van der Waals surface area contributed by atoms with Gasteiger partial charge in [0.2, 0.25) is 5.91 Å². The van der Waals surface area contributed by atoms with Gasteiger partial charge in [-0.25, -0.2) is 0 Å². The van der Waals surface area contributed by atoms with E-state index < -0.39 is 5.41 Å². The Morgan fingerprint density at radius 3 is 2.46 bits per heavy atom. The Balaban J connectivity index is 1.39. The number of carbonyl (C=O) groups excluding carboxylic acids is 1. The minimum absolute atomic E-state index is 0.0738. The number of benzene rings is 2. The number of hydrogen-bond acceptors (Lipinski definition) is 5. The molecule has 0 unspecified atom stereocenters. The van der Waals surface area contributed by atoms with Crippen molar-refractivity contribution in [2.75, 3.05) is 34.0 Å². The van der Waals surface area contributed by atoms with E-state index >= 15 is 0 Å². The van der Waals surface area contributed by atoms with Crippen molar-refractivity contribution in [2.24, 2.45) is 0 Å². The van der Waals surface area contributed by atoms with Crippen LogP contribution < -0.4 is 24.3 Å². The summed E-state index contributed by atoms with van der Waals surface area (Å²) in [6.07, 6.45) is 2.44. The van der Waals surface area contributed by atoms with Crippen LogP contribution in [0.5, 0.6) is 23.0 Å². The fourth-order valence-electron chi connectivity index (χ4n) is 3.64. The summed E-state index contributed by atoms with van der Waals surface area (Å²) in [5.41, 5.74) is 1.65. The van der Waals surface area contributed by atoms with Crippen LogP contribution in [0.1, 0.15) is 24.0 Å². The van der Waals surface area contributed by atoms with Gasteiger partial charge in [0.1, 0.15) is 13.2 Å². The lowest BCUT2D eigenvalue weighted by Crippen LogP contribution is -2.36. The Bertz CT molecular complexity index is 875. The molecule has 0 spiro atoms. The van der Waals surface area contributed by atoms with Crippen molar-refractivity contribution < 1.29 is 23.7 Å². The van der Waals surface area contributed by atoms with Crippen LogP contribution in [-0.4, -0.2) is 39.9 Å². The summed E-state index contributed by atoms with van der Waals surface area (Å²) >= 11 is 0. The van der Waals surface area contributed by atoms with Crippen LogP contribution in [0.2, 0.25) is 0 Å². The second kappa shape index (κ2) is 7.62. The first-order valence-corrected chi connectivity index (χ1v) is 9.55. The van der Waals surface area contributed by atoms with E-state index in [4.69, 9.17) is 18.9 Å². The van der Waals surface area contributed by atoms with E-state index in [1.807, 2.05) is 36.4 Å². The van der Waals surface area contributed by atoms with Crippen LogP contribution in [0.4, 0.5) is 0 Å². The molecule has 0 aromatic heterocycles. The first-order chi connectivity index (χ1) is 13.7. The molecule has 6 heteroatoms. The van der Waals surface area contributed by atoms with Crippen molar-refractivity contribution in [3.05, 3.63) is 47.5 Å². The third-order valence-electron chi connectivity index (χ3n) is 5.43. The van der Waals surface area contributed by atoms with Crippen LogP contribution in [0.15, 0.2) is 36.4 Å². The SMILES string of the molecule is COc1ccc(CCNC(=O)C2(c3ccc4c(c3)OCCO4)CC2)cc1OC. The minimum Gasteiger partial charge on any atom is -0.493 e. The molecule has 0 bridgehead atoms. The number of hydrogen-bond donors (Lipinski definition) is 1. The second-order valence-corrected chi connectivity index (χ2v) is 7.14. The molecule has 1 amide bonds. The van der Waals surface area contributed by atoms with E-state index in [0.29, 0.717) is 31.3 Å². The number of methoxy groups -OCH3 is 2. The molecule has 1 fully saturated rings. The molecule has 4 rings (SSSR count). The number of amides is 1. The molecule has 148 valence electrons. The van der Waals surface area contributed by atoms with Crippen LogP contribution in [0.25, 0.3) is 0 Å². The number of ether oxygens (including phenoxy) is 4. The highest BCUT2D eigenvalue weighted by Gasteiger charge is 2.51. The number of nitrogens with one attached hydrogen (secondary N) is 1. The van der Waals surface area contributed by atoms with Crippen molar-refractivity contribution in [3.8, 4) is 23.0 Å². The van der Waals surface area contributed by atoms with E-state index in [-0.39, 0.29) is 5.91 Å². The predicted octanol–water partition coefficient (Wildman–Crippen LogP) is 2.87. The quantitative estimate of drug-likeness (QED) is 0.796. The molecule has 0 atom stereocenters. The largest absolute Gasteiger partial charge is 0.493 e. The third kappa shape index (κ3) is 3.46. The Morgan fingerprint density at radius 1 is 1.00 bits per heavy atom. The van der Waals surface area contributed by atoms with Crippen molar-refractivity contribution >= 4 is 5.91 Å². The molecule has 1 heterocycles. The van der Waals surface area contributed by atoms with Gasteiger partial charge in [0.15, 0.2) is 23.0 Å². The molecule has 1 aliphatic heterocycles. The minimum atomic E-state index is -0.437. The van der Waals surface area contributed by atoms with E-state index in [1.165, 1.54) is 0 Å². The average Bonchev–Trinajstić information content (AvgIpc) is 3.55. The van der Waals surface area contributed by atoms with Gasteiger partial charge in [0.05, 0.1) is 19.6 Å². The molecule has 2 aliphatic rings. The predicted molar refractivity (Wildman–Crippen MR) is 105 cm³/mol. The molecule has 2 aromatic rings. The van der Waals surface area contributed by atoms with Crippen molar-refractivity contribution in [1.29, 1.82) is 0 Å². The van der Waals surface area contributed by atoms with E-state index in [9.17, 15) is 4.79 Å². The molecule has 1 aliphatic carbocycles. The number of rotatable bonds is 7. The molecule has 28 heavy (non-hydrogen) atoms. The van der Waals surface area contributed by atoms with Gasteiger partial charge < -0.3 is 24.3 Å². The van der Waals surface area contributed by atoms with Gasteiger partial charge in [-0.2, -0.15) is 0 Å². The Labute approximate surface area is 164 Å². The molecule has 2 aromatic carbocycles. The Hall–Kier alpha value is -2.89. The van der Waals surface area contributed by atoms with Gasteiger partial charge in [-0.1, -0.05) is 12.1 Å². The van der Waals surface area contributed by atoms with Crippen molar-refractivity contribution in [2.45, 2.75) is 24.7 Å². The van der Waals surface area contributed by atoms with Crippen molar-refractivity contribution in [1.82, 2.24) is 5.32 Å². The molecule has 6 nitrogen and oxygen atoms in total. The van der Waals surface area contributed by atoms with E-state index in [1.54, 1.807) is 14.2 Å². The van der Waals surface area contributed by atoms with Gasteiger partial charge in [-0.3, -0.25) is 4.79 Å². The smallest absolute Gasteiger partial charge is 0.230 e. The van der Waals surface area contributed by atoms with Crippen LogP contribution in [0, 0.1) is 0 Å². The number of fused-ring (bicyclic) bond motifs is 1. The lowest BCUT2D eigenvalue weighted by Gasteiger charge is -2.21. The van der Waals surface area contributed by atoms with Crippen LogP contribution in [-0.2, 0) is 16.6 Å². The summed E-state index contributed by atoms with van der Waals surface area (Å²) in [6.45, 7) is 1.68. The summed E-state index contributed by atoms with van der Waals surface area (Å²) in [7, 11) is 3.23. The zero-order valence-corrected chi connectivity index (χ0v) is 16.2. The zero-order valence-electron chi connectivity index (χ0n) is 16.2. The van der Waals surface area contributed by atoms with Crippen LogP contribution >= 0.6 is 0 Å². The summed E-state index contributed by atoms with van der Waals surface area (Å²) in [6, 6.07) is 11.7. The number of carbonyl (C=O) groups is 1. The summed E-state index contributed by atoms with van der Waals surface area (Å²) < 4.78 is 21.8. The second-order valence-electron chi connectivity index (χ2n) is 7.14. The van der Waals surface area contributed by atoms with Gasteiger partial charge in [-0.05, 0) is 54.7 Å². The molecular formula is C22H25NO5. The first-order valence-electron chi connectivity index (χ1n) is 9.55. The highest BCUT2D eigenvalue weighted by atomic mass is 16.6. The summed E-state index contributed by atoms with van der Waals surface area (Å²) in [5.74, 6) is 2.95. The fourth-order valence-corrected chi connectivity index (χ4v) is 3.64. The highest BCUT2D eigenvalue weighted by Crippen LogP contribution is 2.50. The fraction of sp³-hybridized carbons (Fsp3) is 0.409. The average molecular weight is 383 g/mol. The lowest BCUT2D eigenvalue weighted by molar-refractivity contribution is -0.123. The molecule has 1 N–H and O–H groups in total. The maximum absolute atomic E-state index is 12.9. The van der Waals surface area contributed by atoms with Crippen LogP contribution in [0.3, 0.4) is 0 Å².